The van der Waals surface area contributed by atoms with Crippen LogP contribution < -0.4 is 5.32 Å². The maximum atomic E-state index is 12.6. The van der Waals surface area contributed by atoms with E-state index in [-0.39, 0.29) is 12.0 Å². The third-order valence-electron chi connectivity index (χ3n) is 4.65. The number of amides is 1. The van der Waals surface area contributed by atoms with Gasteiger partial charge in [-0.2, -0.15) is 4.68 Å². The Balaban J connectivity index is 1.73. The van der Waals surface area contributed by atoms with Gasteiger partial charge in [0.2, 0.25) is 0 Å². The van der Waals surface area contributed by atoms with E-state index in [4.69, 9.17) is 4.74 Å². The van der Waals surface area contributed by atoms with Crippen molar-refractivity contribution in [1.82, 2.24) is 20.2 Å². The van der Waals surface area contributed by atoms with Crippen LogP contribution in [0.15, 0.2) is 18.2 Å². The van der Waals surface area contributed by atoms with Gasteiger partial charge in [-0.25, -0.2) is 0 Å². The molecule has 1 heterocycles. The molecule has 1 N–H and O–H groups in total. The second-order valence-electron chi connectivity index (χ2n) is 6.57. The van der Waals surface area contributed by atoms with Gasteiger partial charge in [-0.05, 0) is 61.2 Å². The molecule has 1 aromatic carbocycles. The smallest absolute Gasteiger partial charge is 0.253 e. The highest BCUT2D eigenvalue weighted by molar-refractivity contribution is 5.94. The van der Waals surface area contributed by atoms with Crippen LogP contribution in [0.25, 0.3) is 5.69 Å². The van der Waals surface area contributed by atoms with Gasteiger partial charge in [0.1, 0.15) is 6.10 Å². The molecule has 1 aliphatic rings. The van der Waals surface area contributed by atoms with Crippen LogP contribution in [0, 0.1) is 13.8 Å². The molecule has 0 spiro atoms. The molecule has 134 valence electrons. The van der Waals surface area contributed by atoms with Gasteiger partial charge in [0.05, 0.1) is 11.8 Å². The summed E-state index contributed by atoms with van der Waals surface area (Å²) in [6, 6.07) is 5.72. The molecule has 1 aliphatic carbocycles. The van der Waals surface area contributed by atoms with Crippen molar-refractivity contribution in [1.29, 1.82) is 0 Å². The summed E-state index contributed by atoms with van der Waals surface area (Å²) in [4.78, 5) is 12.6. The molecule has 0 saturated heterocycles. The SMILES string of the molecule is CC[C@@H](OC1CCCC1)C(=O)Nc1ccc(C)c(-n2nnnc2C)c1. The molecule has 0 aliphatic heterocycles. The zero-order chi connectivity index (χ0) is 17.8. The average molecular weight is 343 g/mol. The first-order valence-corrected chi connectivity index (χ1v) is 8.90. The van der Waals surface area contributed by atoms with Gasteiger partial charge in [0.15, 0.2) is 5.82 Å². The number of tetrazole rings is 1. The predicted molar refractivity (Wildman–Crippen MR) is 94.7 cm³/mol. The number of nitrogens with one attached hydrogen (secondary N) is 1. The van der Waals surface area contributed by atoms with E-state index in [1.54, 1.807) is 4.68 Å². The van der Waals surface area contributed by atoms with E-state index in [0.29, 0.717) is 17.9 Å². The van der Waals surface area contributed by atoms with Crippen molar-refractivity contribution in [3.63, 3.8) is 0 Å². The zero-order valence-corrected chi connectivity index (χ0v) is 15.0. The molecule has 25 heavy (non-hydrogen) atoms. The molecule has 3 rings (SSSR count). The molecule has 0 unspecified atom stereocenters. The van der Waals surface area contributed by atoms with Gasteiger partial charge in [0.25, 0.3) is 5.91 Å². The average Bonchev–Trinajstić information content (AvgIpc) is 3.26. The maximum Gasteiger partial charge on any atom is 0.253 e. The van der Waals surface area contributed by atoms with Crippen LogP contribution in [-0.2, 0) is 9.53 Å². The summed E-state index contributed by atoms with van der Waals surface area (Å²) in [6.07, 6.45) is 4.95. The number of hydrogen-bond donors (Lipinski definition) is 1. The molecule has 1 aromatic heterocycles. The van der Waals surface area contributed by atoms with Gasteiger partial charge in [-0.15, -0.1) is 5.10 Å². The Bertz CT molecular complexity index is 737. The second-order valence-corrected chi connectivity index (χ2v) is 6.57. The fourth-order valence-corrected chi connectivity index (χ4v) is 3.19. The number of carbonyl (C=O) groups is 1. The molecule has 0 bridgehead atoms. The Kier molecular flexibility index (Phi) is 5.43. The van der Waals surface area contributed by atoms with E-state index in [1.807, 2.05) is 39.0 Å². The monoisotopic (exact) mass is 343 g/mol. The minimum absolute atomic E-state index is 0.0994. The lowest BCUT2D eigenvalue weighted by Crippen LogP contribution is -2.32. The third kappa shape index (κ3) is 4.04. The normalized spacial score (nSPS) is 16.1. The van der Waals surface area contributed by atoms with Crippen LogP contribution in [0.1, 0.15) is 50.4 Å². The molecule has 7 nitrogen and oxygen atoms in total. The lowest BCUT2D eigenvalue weighted by molar-refractivity contribution is -0.131. The second kappa shape index (κ2) is 7.74. The molecule has 1 fully saturated rings. The standard InChI is InChI=1S/C18H25N5O2/c1-4-17(25-15-7-5-6-8-15)18(24)19-14-10-9-12(2)16(11-14)23-13(3)20-21-22-23/h9-11,15,17H,4-8H2,1-3H3,(H,19,24)/t17-/m1/s1. The largest absolute Gasteiger partial charge is 0.365 e. The van der Waals surface area contributed by atoms with Gasteiger partial charge in [0, 0.05) is 5.69 Å². The van der Waals surface area contributed by atoms with Gasteiger partial charge in [-0.1, -0.05) is 25.8 Å². The number of ether oxygens (including phenoxy) is 1. The van der Waals surface area contributed by atoms with Crippen molar-refractivity contribution in [3.05, 3.63) is 29.6 Å². The zero-order valence-electron chi connectivity index (χ0n) is 15.0. The van der Waals surface area contributed by atoms with Crippen LogP contribution in [0.3, 0.4) is 0 Å². The Morgan fingerprint density at radius 1 is 1.36 bits per heavy atom. The third-order valence-corrected chi connectivity index (χ3v) is 4.65. The van der Waals surface area contributed by atoms with Crippen molar-refractivity contribution in [2.75, 3.05) is 5.32 Å². The molecule has 1 amide bonds. The molecule has 1 atom stereocenters. The Labute approximate surface area is 147 Å². The van der Waals surface area contributed by atoms with E-state index in [9.17, 15) is 4.79 Å². The number of carbonyl (C=O) groups excluding carboxylic acids is 1. The maximum absolute atomic E-state index is 12.6. The van der Waals surface area contributed by atoms with E-state index in [0.717, 1.165) is 24.1 Å². The summed E-state index contributed by atoms with van der Waals surface area (Å²) in [6.45, 7) is 5.80. The van der Waals surface area contributed by atoms with E-state index < -0.39 is 6.10 Å². The van der Waals surface area contributed by atoms with Gasteiger partial charge < -0.3 is 10.1 Å². The molecule has 1 saturated carbocycles. The first kappa shape index (κ1) is 17.5. The molecular formula is C18H25N5O2. The number of hydrogen-bond acceptors (Lipinski definition) is 5. The summed E-state index contributed by atoms with van der Waals surface area (Å²) < 4.78 is 7.65. The first-order chi connectivity index (χ1) is 12.1. The summed E-state index contributed by atoms with van der Waals surface area (Å²) in [5.41, 5.74) is 2.60. The van der Waals surface area contributed by atoms with Crippen LogP contribution in [0.4, 0.5) is 5.69 Å². The number of rotatable bonds is 6. The van der Waals surface area contributed by atoms with E-state index in [1.165, 1.54) is 12.8 Å². The Morgan fingerprint density at radius 3 is 2.76 bits per heavy atom. The predicted octanol–water partition coefficient (Wildman–Crippen LogP) is 2.96. The minimum atomic E-state index is -0.414. The van der Waals surface area contributed by atoms with Crippen molar-refractivity contribution in [2.45, 2.75) is 65.1 Å². The van der Waals surface area contributed by atoms with Crippen LogP contribution in [0.2, 0.25) is 0 Å². The molecular weight excluding hydrogens is 318 g/mol. The minimum Gasteiger partial charge on any atom is -0.365 e. The van der Waals surface area contributed by atoms with Crippen molar-refractivity contribution in [3.8, 4) is 5.69 Å². The van der Waals surface area contributed by atoms with Crippen molar-refractivity contribution < 1.29 is 9.53 Å². The van der Waals surface area contributed by atoms with E-state index in [2.05, 4.69) is 20.8 Å². The lowest BCUT2D eigenvalue weighted by Gasteiger charge is -2.20. The van der Waals surface area contributed by atoms with Crippen LogP contribution >= 0.6 is 0 Å². The Morgan fingerprint density at radius 2 is 2.12 bits per heavy atom. The van der Waals surface area contributed by atoms with Gasteiger partial charge >= 0.3 is 0 Å². The van der Waals surface area contributed by atoms with E-state index >= 15 is 0 Å². The Hall–Kier alpha value is -2.28. The van der Waals surface area contributed by atoms with Crippen molar-refractivity contribution >= 4 is 11.6 Å². The fraction of sp³-hybridized carbons (Fsp3) is 0.556. The highest BCUT2D eigenvalue weighted by Gasteiger charge is 2.24. The van der Waals surface area contributed by atoms with Gasteiger partial charge in [-0.3, -0.25) is 4.79 Å². The van der Waals surface area contributed by atoms with Crippen molar-refractivity contribution in [2.24, 2.45) is 0 Å². The summed E-state index contributed by atoms with van der Waals surface area (Å²) in [5.74, 6) is 0.597. The summed E-state index contributed by atoms with van der Waals surface area (Å²) in [5, 5.41) is 14.6. The topological polar surface area (TPSA) is 81.9 Å². The number of aromatic nitrogens is 4. The highest BCUT2D eigenvalue weighted by atomic mass is 16.5. The number of aryl methyl sites for hydroxylation is 2. The first-order valence-electron chi connectivity index (χ1n) is 8.90. The van der Waals surface area contributed by atoms with Crippen LogP contribution in [-0.4, -0.2) is 38.3 Å². The molecule has 2 aromatic rings. The lowest BCUT2D eigenvalue weighted by atomic mass is 10.1. The highest BCUT2D eigenvalue weighted by Crippen LogP contribution is 2.24. The fourth-order valence-electron chi connectivity index (χ4n) is 3.19. The quantitative estimate of drug-likeness (QED) is 0.872. The summed E-state index contributed by atoms with van der Waals surface area (Å²) >= 11 is 0. The summed E-state index contributed by atoms with van der Waals surface area (Å²) in [7, 11) is 0. The molecule has 0 radical (unpaired) electrons. The van der Waals surface area contributed by atoms with Crippen LogP contribution in [0.5, 0.6) is 0 Å². The number of benzene rings is 1. The molecule has 7 heteroatoms. The number of anilines is 1. The number of nitrogens with zero attached hydrogens (tertiary/aromatic N) is 4.